The molecule has 0 aromatic carbocycles. The molecule has 0 radical (unpaired) electrons. The molecule has 1 fully saturated rings. The second-order valence-electron chi connectivity index (χ2n) is 6.37. The molecular weight excluding hydrogens is 228 g/mol. The maximum absolute atomic E-state index is 12.6. The summed E-state index contributed by atoms with van der Waals surface area (Å²) in [7, 11) is 0. The quantitative estimate of drug-likeness (QED) is 0.832. The zero-order chi connectivity index (χ0) is 13.8. The van der Waals surface area contributed by atoms with Crippen molar-refractivity contribution in [3.63, 3.8) is 0 Å². The monoisotopic (exact) mass is 256 g/mol. The molecule has 0 aromatic heterocycles. The molecule has 1 heterocycles. The van der Waals surface area contributed by atoms with E-state index in [1.54, 1.807) is 0 Å². The molecule has 1 amide bonds. The van der Waals surface area contributed by atoms with Crippen LogP contribution < -0.4 is 5.73 Å². The van der Waals surface area contributed by atoms with E-state index in [0.717, 1.165) is 12.8 Å². The normalized spacial score (nSPS) is 22.9. The van der Waals surface area contributed by atoms with Gasteiger partial charge in [0.1, 0.15) is 0 Å². The van der Waals surface area contributed by atoms with E-state index in [2.05, 4.69) is 27.7 Å². The van der Waals surface area contributed by atoms with Crippen molar-refractivity contribution in [1.29, 1.82) is 0 Å². The summed E-state index contributed by atoms with van der Waals surface area (Å²) in [6, 6.07) is 0.222. The van der Waals surface area contributed by atoms with Gasteiger partial charge in [0.25, 0.3) is 0 Å². The first-order valence-electron chi connectivity index (χ1n) is 6.97. The van der Waals surface area contributed by atoms with Crippen LogP contribution in [0.1, 0.15) is 40.5 Å². The first-order valence-corrected chi connectivity index (χ1v) is 6.97. The smallest absolute Gasteiger partial charge is 0.227 e. The maximum atomic E-state index is 12.6. The highest BCUT2D eigenvalue weighted by Crippen LogP contribution is 2.26. The highest BCUT2D eigenvalue weighted by molar-refractivity contribution is 5.79. The van der Waals surface area contributed by atoms with E-state index < -0.39 is 0 Å². The summed E-state index contributed by atoms with van der Waals surface area (Å²) in [4.78, 5) is 14.5. The second kappa shape index (κ2) is 6.53. The lowest BCUT2D eigenvalue weighted by Crippen LogP contribution is -2.51. The minimum atomic E-state index is -0.0582. The van der Waals surface area contributed by atoms with Gasteiger partial charge in [-0.1, -0.05) is 27.7 Å². The Bertz CT molecular complexity index is 273. The van der Waals surface area contributed by atoms with Crippen LogP contribution in [0.4, 0.5) is 0 Å². The Morgan fingerprint density at radius 1 is 1.50 bits per heavy atom. The van der Waals surface area contributed by atoms with Gasteiger partial charge in [0, 0.05) is 13.1 Å². The van der Waals surface area contributed by atoms with Crippen molar-refractivity contribution < 1.29 is 9.53 Å². The van der Waals surface area contributed by atoms with Gasteiger partial charge in [0.15, 0.2) is 0 Å². The summed E-state index contributed by atoms with van der Waals surface area (Å²) in [6.45, 7) is 11.0. The van der Waals surface area contributed by atoms with E-state index in [1.807, 2.05) is 4.90 Å². The number of hydrogen-bond donors (Lipinski definition) is 1. The van der Waals surface area contributed by atoms with E-state index >= 15 is 0 Å². The summed E-state index contributed by atoms with van der Waals surface area (Å²) in [6.07, 6.45) is 1.79. The third-order valence-corrected chi connectivity index (χ3v) is 3.47. The van der Waals surface area contributed by atoms with Gasteiger partial charge < -0.3 is 15.4 Å². The van der Waals surface area contributed by atoms with Gasteiger partial charge in [-0.15, -0.1) is 0 Å². The Morgan fingerprint density at radius 2 is 2.17 bits per heavy atom. The molecule has 18 heavy (non-hydrogen) atoms. The maximum Gasteiger partial charge on any atom is 0.227 e. The summed E-state index contributed by atoms with van der Waals surface area (Å²) in [5.41, 5.74) is 5.93. The molecule has 1 saturated heterocycles. The molecule has 0 spiro atoms. The zero-order valence-electron chi connectivity index (χ0n) is 12.2. The predicted octanol–water partition coefficient (Wildman–Crippen LogP) is 1.63. The number of nitrogens with two attached hydrogens (primary N) is 1. The highest BCUT2D eigenvalue weighted by atomic mass is 16.5. The van der Waals surface area contributed by atoms with Crippen molar-refractivity contribution in [1.82, 2.24) is 4.90 Å². The Hall–Kier alpha value is -0.610. The van der Waals surface area contributed by atoms with Gasteiger partial charge in [0.05, 0.1) is 25.2 Å². The lowest BCUT2D eigenvalue weighted by molar-refractivity contribution is -0.145. The number of carbonyl (C=O) groups is 1. The minimum Gasteiger partial charge on any atom is -0.377 e. The number of amides is 1. The Morgan fingerprint density at radius 3 is 2.67 bits per heavy atom. The highest BCUT2D eigenvalue weighted by Gasteiger charge is 2.32. The van der Waals surface area contributed by atoms with E-state index in [1.165, 1.54) is 0 Å². The van der Waals surface area contributed by atoms with Crippen LogP contribution in [-0.4, -0.2) is 43.2 Å². The van der Waals surface area contributed by atoms with Gasteiger partial charge in [-0.3, -0.25) is 4.79 Å². The summed E-state index contributed by atoms with van der Waals surface area (Å²) >= 11 is 0. The number of hydrogen-bond acceptors (Lipinski definition) is 3. The molecule has 4 heteroatoms. The average molecular weight is 256 g/mol. The van der Waals surface area contributed by atoms with Crippen LogP contribution in [0.15, 0.2) is 0 Å². The molecule has 2 unspecified atom stereocenters. The predicted molar refractivity (Wildman–Crippen MR) is 73.2 cm³/mol. The number of ether oxygens (including phenoxy) is 1. The number of carbonyl (C=O) groups excluding carboxylic acids is 1. The fourth-order valence-corrected chi connectivity index (χ4v) is 2.53. The van der Waals surface area contributed by atoms with E-state index in [4.69, 9.17) is 10.5 Å². The van der Waals surface area contributed by atoms with Crippen molar-refractivity contribution in [2.24, 2.45) is 17.1 Å². The van der Waals surface area contributed by atoms with E-state index in [9.17, 15) is 4.79 Å². The van der Waals surface area contributed by atoms with Gasteiger partial charge in [-0.25, -0.2) is 0 Å². The van der Waals surface area contributed by atoms with Crippen molar-refractivity contribution >= 4 is 5.91 Å². The summed E-state index contributed by atoms with van der Waals surface area (Å²) in [5.74, 6) is 0.153. The molecule has 1 aliphatic heterocycles. The first kappa shape index (κ1) is 15.4. The molecule has 106 valence electrons. The number of nitrogens with zero attached hydrogens (tertiary/aromatic N) is 1. The van der Waals surface area contributed by atoms with E-state index in [0.29, 0.717) is 26.3 Å². The molecule has 1 rings (SSSR count). The fourth-order valence-electron chi connectivity index (χ4n) is 2.53. The number of rotatable bonds is 4. The van der Waals surface area contributed by atoms with Gasteiger partial charge in [-0.2, -0.15) is 0 Å². The second-order valence-corrected chi connectivity index (χ2v) is 6.37. The molecule has 0 bridgehead atoms. The molecule has 0 aromatic rings. The van der Waals surface area contributed by atoms with Crippen LogP contribution in [0.5, 0.6) is 0 Å². The van der Waals surface area contributed by atoms with Gasteiger partial charge in [0.2, 0.25) is 5.91 Å². The number of morpholine rings is 1. The van der Waals surface area contributed by atoms with Crippen LogP contribution in [0, 0.1) is 11.3 Å². The standard InChI is InChI=1S/C14H28N2O2/c1-5-12-10-18-7-6-16(12)13(17)11(9-15)8-14(2,3)4/h11-12H,5-10,15H2,1-4H3. The Labute approximate surface area is 111 Å². The van der Waals surface area contributed by atoms with Crippen LogP contribution in [0.2, 0.25) is 0 Å². The molecule has 0 aliphatic carbocycles. The summed E-state index contributed by atoms with van der Waals surface area (Å²) < 4.78 is 5.44. The van der Waals surface area contributed by atoms with Crippen molar-refractivity contribution in [2.75, 3.05) is 26.3 Å². The molecule has 4 nitrogen and oxygen atoms in total. The van der Waals surface area contributed by atoms with Crippen molar-refractivity contribution in [3.8, 4) is 0 Å². The summed E-state index contributed by atoms with van der Waals surface area (Å²) in [5, 5.41) is 0. The topological polar surface area (TPSA) is 55.6 Å². The third kappa shape index (κ3) is 4.25. The Balaban J connectivity index is 2.69. The minimum absolute atomic E-state index is 0.0582. The van der Waals surface area contributed by atoms with Crippen LogP contribution >= 0.6 is 0 Å². The zero-order valence-corrected chi connectivity index (χ0v) is 12.2. The lowest BCUT2D eigenvalue weighted by atomic mass is 9.83. The van der Waals surface area contributed by atoms with Crippen LogP contribution in [0.3, 0.4) is 0 Å². The lowest BCUT2D eigenvalue weighted by Gasteiger charge is -2.38. The van der Waals surface area contributed by atoms with E-state index in [-0.39, 0.29) is 23.3 Å². The molecule has 2 atom stereocenters. The van der Waals surface area contributed by atoms with Crippen LogP contribution in [0.25, 0.3) is 0 Å². The fraction of sp³-hybridized carbons (Fsp3) is 0.929. The largest absolute Gasteiger partial charge is 0.377 e. The van der Waals surface area contributed by atoms with Gasteiger partial charge >= 0.3 is 0 Å². The SMILES string of the molecule is CCC1COCCN1C(=O)C(CN)CC(C)(C)C. The Kier molecular flexibility index (Phi) is 5.60. The van der Waals surface area contributed by atoms with Crippen molar-refractivity contribution in [3.05, 3.63) is 0 Å². The molecule has 2 N–H and O–H groups in total. The molecule has 1 aliphatic rings. The van der Waals surface area contributed by atoms with Gasteiger partial charge in [-0.05, 0) is 18.3 Å². The van der Waals surface area contributed by atoms with Crippen LogP contribution in [-0.2, 0) is 9.53 Å². The van der Waals surface area contributed by atoms with Crippen molar-refractivity contribution in [2.45, 2.75) is 46.6 Å². The first-order chi connectivity index (χ1) is 8.39. The molecular formula is C14H28N2O2. The molecule has 0 saturated carbocycles. The average Bonchev–Trinajstić information content (AvgIpc) is 2.34. The third-order valence-electron chi connectivity index (χ3n) is 3.47.